The summed E-state index contributed by atoms with van der Waals surface area (Å²) < 4.78 is 0. The third-order valence-corrected chi connectivity index (χ3v) is 0.175. The fourth-order valence-corrected chi connectivity index (χ4v) is 0. The fourth-order valence-electron chi connectivity index (χ4n) is 0. The Kier molecular flexibility index (Phi) is 14.0. The van der Waals surface area contributed by atoms with Gasteiger partial charge in [0.25, 0.3) is 0 Å². The molecule has 0 aliphatic rings. The first kappa shape index (κ1) is 15.7. The summed E-state index contributed by atoms with van der Waals surface area (Å²) in [6.45, 7) is 0. The molecule has 0 spiro atoms. The zero-order valence-electron chi connectivity index (χ0n) is 3.45. The van der Waals surface area contributed by atoms with Gasteiger partial charge in [-0.15, -0.1) is 0 Å². The Labute approximate surface area is 73.8 Å². The molecule has 0 saturated carbocycles. The van der Waals surface area contributed by atoms with Crippen molar-refractivity contribution >= 4 is 11.9 Å². The molecular weight excluding hydrogens is 273 g/mol. The van der Waals surface area contributed by atoms with E-state index in [0.717, 1.165) is 0 Å². The van der Waals surface area contributed by atoms with Crippen LogP contribution in [0, 0.1) is 36.9 Å². The van der Waals surface area contributed by atoms with Crippen LogP contribution in [-0.4, -0.2) is 22.5 Å². The van der Waals surface area contributed by atoms with E-state index in [0.29, 0.717) is 0 Å². The molecule has 0 fully saturated rings. The quantitative estimate of drug-likeness (QED) is 0.475. The smallest absolute Gasteiger partial charge is 0.351 e. The van der Waals surface area contributed by atoms with Crippen LogP contribution in [-0.2, 0) is 9.59 Å². The maximum absolute atomic E-state index is 9.04. The normalized spacial score (nSPS) is 5.50. The molecular formula is C2H3O5Tm-. The van der Waals surface area contributed by atoms with Crippen molar-refractivity contribution in [2.75, 3.05) is 0 Å². The summed E-state index contributed by atoms with van der Waals surface area (Å²) >= 11 is 0. The van der Waals surface area contributed by atoms with Crippen LogP contribution in [0.5, 0.6) is 0 Å². The monoisotopic (exact) mass is 276 g/mol. The predicted molar refractivity (Wildman–Crippen MR) is 16.3 cm³/mol. The Balaban J connectivity index is -0.000000125. The summed E-state index contributed by atoms with van der Waals surface area (Å²) in [5.74, 6) is -4.01. The van der Waals surface area contributed by atoms with E-state index in [-0.39, 0.29) is 42.4 Å². The predicted octanol–water partition coefficient (Wildman–Crippen LogP) is -3.00. The van der Waals surface area contributed by atoms with Crippen LogP contribution in [0.4, 0.5) is 0 Å². The van der Waals surface area contributed by atoms with Gasteiger partial charge in [0, 0.05) is 36.9 Å². The topological polar surface area (TPSA) is 109 Å². The number of carboxylic acids is 2. The second-order valence-electron chi connectivity index (χ2n) is 0.593. The molecule has 3 N–H and O–H groups in total. The van der Waals surface area contributed by atoms with Crippen LogP contribution in [0.2, 0.25) is 0 Å². The molecule has 1 radical (unpaired) electrons. The van der Waals surface area contributed by atoms with Gasteiger partial charge in [-0.05, 0) is 0 Å². The van der Waals surface area contributed by atoms with Gasteiger partial charge in [0.2, 0.25) is 0 Å². The molecule has 5 nitrogen and oxygen atoms in total. The SMILES string of the molecule is O.O=C([O-])C(=O)O.[Tm]. The van der Waals surface area contributed by atoms with Crippen LogP contribution >= 0.6 is 0 Å². The van der Waals surface area contributed by atoms with Crippen molar-refractivity contribution in [1.29, 1.82) is 0 Å². The van der Waals surface area contributed by atoms with Gasteiger partial charge in [0.15, 0.2) is 5.97 Å². The minimum absolute atomic E-state index is 0. The van der Waals surface area contributed by atoms with E-state index < -0.39 is 11.9 Å². The Bertz CT molecular complexity index is 76.4. The Morgan fingerprint density at radius 2 is 1.50 bits per heavy atom. The molecule has 55 valence electrons. The summed E-state index contributed by atoms with van der Waals surface area (Å²) in [5, 5.41) is 16.3. The number of carbonyl (C=O) groups is 2. The molecule has 0 atom stereocenters. The second-order valence-corrected chi connectivity index (χ2v) is 0.593. The van der Waals surface area contributed by atoms with Crippen LogP contribution in [0.15, 0.2) is 0 Å². The molecule has 6 heteroatoms. The van der Waals surface area contributed by atoms with Crippen molar-refractivity contribution in [2.24, 2.45) is 0 Å². The first-order chi connectivity index (χ1) is 2.64. The van der Waals surface area contributed by atoms with Crippen LogP contribution < -0.4 is 5.11 Å². The molecule has 0 aromatic carbocycles. The molecule has 0 bridgehead atoms. The summed E-state index contributed by atoms with van der Waals surface area (Å²) in [6, 6.07) is 0. The van der Waals surface area contributed by atoms with E-state index >= 15 is 0 Å². The standard InChI is InChI=1S/C2H2O4.H2O.Tm/c3-1(4)2(5)6;;/h(H,3,4)(H,5,6);1H2;/p-1. The minimum Gasteiger partial charge on any atom is -0.539 e. The van der Waals surface area contributed by atoms with Crippen molar-refractivity contribution in [3.63, 3.8) is 0 Å². The number of rotatable bonds is 0. The van der Waals surface area contributed by atoms with Gasteiger partial charge in [0.05, 0.1) is 0 Å². The zero-order valence-corrected chi connectivity index (χ0v) is 5.23. The van der Waals surface area contributed by atoms with E-state index in [1.807, 2.05) is 0 Å². The fraction of sp³-hybridized carbons (Fsp3) is 0. The van der Waals surface area contributed by atoms with Gasteiger partial charge in [-0.25, -0.2) is 4.79 Å². The van der Waals surface area contributed by atoms with E-state index in [4.69, 9.17) is 19.8 Å². The molecule has 8 heavy (non-hydrogen) atoms. The number of aliphatic carboxylic acids is 2. The minimum atomic E-state index is -2.07. The molecule has 0 aliphatic heterocycles. The largest absolute Gasteiger partial charge is 0.539 e. The molecule has 0 rings (SSSR count). The summed E-state index contributed by atoms with van der Waals surface area (Å²) in [7, 11) is 0. The summed E-state index contributed by atoms with van der Waals surface area (Å²) in [5.41, 5.74) is 0. The zero-order chi connectivity index (χ0) is 5.15. The average molecular weight is 276 g/mol. The third kappa shape index (κ3) is 9.46. The summed E-state index contributed by atoms with van der Waals surface area (Å²) in [4.78, 5) is 18.0. The maximum atomic E-state index is 9.04. The van der Waals surface area contributed by atoms with Gasteiger partial charge >= 0.3 is 5.97 Å². The Morgan fingerprint density at radius 1 is 1.38 bits per heavy atom. The van der Waals surface area contributed by atoms with Crippen molar-refractivity contribution in [2.45, 2.75) is 0 Å². The van der Waals surface area contributed by atoms with Gasteiger partial charge in [0.1, 0.15) is 0 Å². The van der Waals surface area contributed by atoms with E-state index in [1.165, 1.54) is 0 Å². The molecule has 0 saturated heterocycles. The number of carboxylic acid groups (broad SMARTS) is 2. The van der Waals surface area contributed by atoms with Gasteiger partial charge < -0.3 is 20.5 Å². The molecule has 0 aromatic rings. The van der Waals surface area contributed by atoms with Gasteiger partial charge in [-0.3, -0.25) is 0 Å². The maximum Gasteiger partial charge on any atom is 0.351 e. The van der Waals surface area contributed by atoms with Crippen LogP contribution in [0.25, 0.3) is 0 Å². The van der Waals surface area contributed by atoms with E-state index in [2.05, 4.69) is 0 Å². The van der Waals surface area contributed by atoms with E-state index in [9.17, 15) is 0 Å². The van der Waals surface area contributed by atoms with Crippen LogP contribution in [0.1, 0.15) is 0 Å². The number of hydrogen-bond acceptors (Lipinski definition) is 3. The average Bonchev–Trinajstić information content (AvgIpc) is 1.36. The van der Waals surface area contributed by atoms with Gasteiger partial charge in [-0.2, -0.15) is 0 Å². The molecule has 0 aromatic heterocycles. The number of hydrogen-bond donors (Lipinski definition) is 1. The van der Waals surface area contributed by atoms with Crippen molar-refractivity contribution in [1.82, 2.24) is 0 Å². The van der Waals surface area contributed by atoms with Crippen LogP contribution in [0.3, 0.4) is 0 Å². The first-order valence-electron chi connectivity index (χ1n) is 1.09. The second kappa shape index (κ2) is 7.13. The molecule has 0 unspecified atom stereocenters. The molecule has 0 aliphatic carbocycles. The van der Waals surface area contributed by atoms with Crippen molar-refractivity contribution in [3.8, 4) is 0 Å². The van der Waals surface area contributed by atoms with Crippen molar-refractivity contribution < 1.29 is 62.2 Å². The van der Waals surface area contributed by atoms with Crippen molar-refractivity contribution in [3.05, 3.63) is 0 Å². The first-order valence-corrected chi connectivity index (χ1v) is 1.09. The summed E-state index contributed by atoms with van der Waals surface area (Å²) in [6.07, 6.45) is 0. The van der Waals surface area contributed by atoms with E-state index in [1.54, 1.807) is 0 Å². The Hall–Kier alpha value is 0.134. The Morgan fingerprint density at radius 3 is 1.50 bits per heavy atom. The molecule has 0 amide bonds. The number of carbonyl (C=O) groups excluding carboxylic acids is 1. The molecule has 0 heterocycles. The third-order valence-electron chi connectivity index (χ3n) is 0.175. The van der Waals surface area contributed by atoms with Gasteiger partial charge in [-0.1, -0.05) is 0 Å².